The van der Waals surface area contributed by atoms with Crippen LogP contribution in [0.3, 0.4) is 0 Å². The Labute approximate surface area is 370 Å². The van der Waals surface area contributed by atoms with Crippen molar-refractivity contribution in [2.45, 2.75) is 0 Å². The lowest BCUT2D eigenvalue weighted by Gasteiger charge is -2.29. The van der Waals surface area contributed by atoms with Gasteiger partial charge in [0.2, 0.25) is 0 Å². The zero-order chi connectivity index (χ0) is 41.7. The van der Waals surface area contributed by atoms with E-state index in [1.807, 2.05) is 11.3 Å². The van der Waals surface area contributed by atoms with Crippen LogP contribution in [0.1, 0.15) is 0 Å². The first-order valence-electron chi connectivity index (χ1n) is 21.5. The Morgan fingerprint density at radius 3 is 1.62 bits per heavy atom. The molecule has 2 nitrogen and oxygen atoms in total. The van der Waals surface area contributed by atoms with Crippen molar-refractivity contribution in [2.24, 2.45) is 0 Å². The minimum Gasteiger partial charge on any atom is -0.310 e. The zero-order valence-corrected chi connectivity index (χ0v) is 35.2. The van der Waals surface area contributed by atoms with Gasteiger partial charge >= 0.3 is 0 Å². The highest BCUT2D eigenvalue weighted by Gasteiger charge is 2.22. The number of hydrogen-bond acceptors (Lipinski definition) is 2. The molecule has 0 spiro atoms. The number of rotatable bonds is 8. The Hall–Kier alpha value is -7.98. The van der Waals surface area contributed by atoms with Crippen LogP contribution in [0.15, 0.2) is 243 Å². The predicted octanol–water partition coefficient (Wildman–Crippen LogP) is 17.3. The van der Waals surface area contributed by atoms with E-state index >= 15 is 0 Å². The Bertz CT molecular complexity index is 3620. The summed E-state index contributed by atoms with van der Waals surface area (Å²) in [5.74, 6) is 0. The van der Waals surface area contributed by atoms with Crippen LogP contribution >= 0.6 is 11.3 Å². The lowest BCUT2D eigenvalue weighted by atomic mass is 9.88. The molecule has 0 aliphatic rings. The molecule has 0 unspecified atom stereocenters. The summed E-state index contributed by atoms with van der Waals surface area (Å²) in [6.45, 7) is 0. The van der Waals surface area contributed by atoms with Gasteiger partial charge in [-0.3, -0.25) is 0 Å². The van der Waals surface area contributed by atoms with E-state index in [4.69, 9.17) is 0 Å². The van der Waals surface area contributed by atoms with Crippen LogP contribution in [0.25, 0.3) is 92.2 Å². The van der Waals surface area contributed by atoms with Crippen molar-refractivity contribution in [3.05, 3.63) is 243 Å². The minimum absolute atomic E-state index is 1.09. The van der Waals surface area contributed by atoms with Crippen LogP contribution in [-0.2, 0) is 0 Å². The van der Waals surface area contributed by atoms with Crippen LogP contribution < -0.4 is 4.90 Å². The summed E-state index contributed by atoms with van der Waals surface area (Å²) >= 11 is 1.85. The van der Waals surface area contributed by atoms with Gasteiger partial charge in [0, 0.05) is 59.1 Å². The van der Waals surface area contributed by atoms with E-state index in [1.54, 1.807) is 0 Å². The molecule has 0 atom stereocenters. The van der Waals surface area contributed by atoms with Gasteiger partial charge in [-0.15, -0.1) is 11.3 Å². The Kier molecular flexibility index (Phi) is 9.06. The van der Waals surface area contributed by atoms with Gasteiger partial charge in [0.05, 0.1) is 16.7 Å². The molecule has 0 fully saturated rings. The molecule has 2 aromatic heterocycles. The normalized spacial score (nSPS) is 11.5. The van der Waals surface area contributed by atoms with Gasteiger partial charge in [0.1, 0.15) is 0 Å². The maximum Gasteiger partial charge on any atom is 0.0619 e. The third-order valence-electron chi connectivity index (χ3n) is 12.4. The van der Waals surface area contributed by atoms with E-state index in [9.17, 15) is 0 Å². The smallest absolute Gasteiger partial charge is 0.0619 e. The Balaban J connectivity index is 1.05. The molecule has 63 heavy (non-hydrogen) atoms. The van der Waals surface area contributed by atoms with E-state index in [-0.39, 0.29) is 0 Å². The third-order valence-corrected chi connectivity index (χ3v) is 13.6. The third kappa shape index (κ3) is 6.33. The van der Waals surface area contributed by atoms with Crippen LogP contribution in [-0.4, -0.2) is 4.57 Å². The topological polar surface area (TPSA) is 8.17 Å². The van der Waals surface area contributed by atoms with Crippen LogP contribution in [0, 0.1) is 0 Å². The second kappa shape index (κ2) is 15.5. The fourth-order valence-corrected chi connectivity index (χ4v) is 10.7. The predicted molar refractivity (Wildman–Crippen MR) is 270 cm³/mol. The van der Waals surface area contributed by atoms with Gasteiger partial charge in [-0.1, -0.05) is 182 Å². The van der Waals surface area contributed by atoms with E-state index < -0.39 is 0 Å². The van der Waals surface area contributed by atoms with E-state index in [1.165, 1.54) is 80.9 Å². The SMILES string of the molecule is c1ccc(-c2ccccc2-c2ccccc2-c2ccccc2N(c2ccc(-c3cccc4c5ccccc5n(-c5ccccc5)c34)cc2)c2ccc3sc4ccccc4c3c2)cc1. The van der Waals surface area contributed by atoms with Gasteiger partial charge < -0.3 is 9.47 Å². The maximum atomic E-state index is 2.45. The monoisotopic (exact) mass is 820 g/mol. The van der Waals surface area contributed by atoms with Gasteiger partial charge in [0.15, 0.2) is 0 Å². The van der Waals surface area contributed by atoms with Crippen molar-refractivity contribution in [1.82, 2.24) is 4.57 Å². The van der Waals surface area contributed by atoms with Crippen molar-refractivity contribution in [3.63, 3.8) is 0 Å². The second-order valence-corrected chi connectivity index (χ2v) is 17.1. The molecule has 3 heteroatoms. The van der Waals surface area contributed by atoms with Gasteiger partial charge in [-0.25, -0.2) is 0 Å². The molecular weight excluding hydrogens is 781 g/mol. The molecule has 0 saturated heterocycles. The molecule has 0 aliphatic heterocycles. The van der Waals surface area contributed by atoms with Crippen molar-refractivity contribution in [1.29, 1.82) is 0 Å². The lowest BCUT2D eigenvalue weighted by Crippen LogP contribution is -2.11. The number of para-hydroxylation sites is 4. The number of fused-ring (bicyclic) bond motifs is 6. The molecule has 0 N–H and O–H groups in total. The maximum absolute atomic E-state index is 2.45. The highest BCUT2D eigenvalue weighted by molar-refractivity contribution is 7.25. The number of aromatic nitrogens is 1. The molecule has 296 valence electrons. The fraction of sp³-hybridized carbons (Fsp3) is 0. The first-order valence-corrected chi connectivity index (χ1v) is 22.3. The molecular formula is C60H40N2S. The highest BCUT2D eigenvalue weighted by Crippen LogP contribution is 2.47. The zero-order valence-electron chi connectivity index (χ0n) is 34.4. The molecule has 12 rings (SSSR count). The summed E-state index contributed by atoms with van der Waals surface area (Å²) in [5.41, 5.74) is 16.4. The molecule has 12 aromatic rings. The van der Waals surface area contributed by atoms with Crippen molar-refractivity contribution in [2.75, 3.05) is 4.90 Å². The molecule has 0 amide bonds. The number of nitrogens with zero attached hydrogens (tertiary/aromatic N) is 2. The van der Waals surface area contributed by atoms with Gasteiger partial charge in [-0.05, 0) is 94.0 Å². The Morgan fingerprint density at radius 1 is 0.317 bits per heavy atom. The number of benzene rings is 10. The number of hydrogen-bond donors (Lipinski definition) is 0. The number of anilines is 3. The van der Waals surface area contributed by atoms with E-state index in [0.717, 1.165) is 28.3 Å². The molecule has 0 aliphatic carbocycles. The van der Waals surface area contributed by atoms with E-state index in [0.29, 0.717) is 0 Å². The summed E-state index contributed by atoms with van der Waals surface area (Å²) in [7, 11) is 0. The number of thiophene rings is 1. The molecule has 0 radical (unpaired) electrons. The quantitative estimate of drug-likeness (QED) is 0.148. The fourth-order valence-electron chi connectivity index (χ4n) is 9.60. The van der Waals surface area contributed by atoms with Crippen molar-refractivity contribution < 1.29 is 0 Å². The second-order valence-electron chi connectivity index (χ2n) is 16.0. The van der Waals surface area contributed by atoms with Crippen LogP contribution in [0.4, 0.5) is 17.1 Å². The first-order chi connectivity index (χ1) is 31.3. The summed E-state index contributed by atoms with van der Waals surface area (Å²) in [4.78, 5) is 2.45. The largest absolute Gasteiger partial charge is 0.310 e. The molecule has 2 heterocycles. The molecule has 0 bridgehead atoms. The minimum atomic E-state index is 1.09. The van der Waals surface area contributed by atoms with Crippen LogP contribution in [0.2, 0.25) is 0 Å². The Morgan fingerprint density at radius 2 is 0.841 bits per heavy atom. The summed E-state index contributed by atoms with van der Waals surface area (Å²) < 4.78 is 5.01. The summed E-state index contributed by atoms with van der Waals surface area (Å²) in [5, 5.41) is 5.05. The van der Waals surface area contributed by atoms with Gasteiger partial charge in [0.25, 0.3) is 0 Å². The average molecular weight is 821 g/mol. The average Bonchev–Trinajstić information content (AvgIpc) is 3.91. The summed E-state index contributed by atoms with van der Waals surface area (Å²) in [6.07, 6.45) is 0. The lowest BCUT2D eigenvalue weighted by molar-refractivity contribution is 1.18. The molecule has 0 saturated carbocycles. The van der Waals surface area contributed by atoms with Crippen molar-refractivity contribution in [3.8, 4) is 50.2 Å². The van der Waals surface area contributed by atoms with Crippen molar-refractivity contribution >= 4 is 70.4 Å². The van der Waals surface area contributed by atoms with E-state index in [2.05, 4.69) is 252 Å². The van der Waals surface area contributed by atoms with Crippen LogP contribution in [0.5, 0.6) is 0 Å². The summed E-state index contributed by atoms with van der Waals surface area (Å²) in [6, 6.07) is 88.4. The van der Waals surface area contributed by atoms with Gasteiger partial charge in [-0.2, -0.15) is 0 Å². The molecule has 10 aromatic carbocycles. The highest BCUT2D eigenvalue weighted by atomic mass is 32.1. The first kappa shape index (κ1) is 36.8. The standard InChI is InChI=1S/C60H40N2S/c1-3-18-41(19-4-1)46-22-7-8-23-48(46)49-24-9-10-25-50(49)51-26-11-14-31-56(51)61(45-38-39-59-55(40-45)53-28-13-16-33-58(53)63-59)44-36-34-42(35-37-44)47-29-17-30-54-52-27-12-15-32-57(52)62(60(47)54)43-20-5-2-6-21-43/h1-40H.